The third-order valence-corrected chi connectivity index (χ3v) is 5.05. The fraction of sp³-hybridized carbons (Fsp3) is 0.160. The minimum Gasteiger partial charge on any atom is -0.318 e. The van der Waals surface area contributed by atoms with Gasteiger partial charge in [-0.2, -0.15) is 0 Å². The minimum atomic E-state index is -0.0845. The number of hydrogen-bond donors (Lipinski definition) is 0. The van der Waals surface area contributed by atoms with Crippen LogP contribution in [0.25, 0.3) is 5.70 Å². The lowest BCUT2D eigenvalue weighted by molar-refractivity contribution is -0.112. The third-order valence-electron chi connectivity index (χ3n) is 5.05. The van der Waals surface area contributed by atoms with Crippen molar-refractivity contribution in [1.29, 1.82) is 0 Å². The van der Waals surface area contributed by atoms with Gasteiger partial charge in [0, 0.05) is 37.7 Å². The van der Waals surface area contributed by atoms with Crippen LogP contribution in [0.1, 0.15) is 28.7 Å². The van der Waals surface area contributed by atoms with Crippen molar-refractivity contribution in [2.75, 3.05) is 0 Å². The first kappa shape index (κ1) is 18.8. The van der Waals surface area contributed by atoms with Crippen molar-refractivity contribution in [2.24, 2.45) is 12.0 Å². The van der Waals surface area contributed by atoms with Crippen LogP contribution in [-0.2, 0) is 24.7 Å². The summed E-state index contributed by atoms with van der Waals surface area (Å²) < 4.78 is 1.49. The highest BCUT2D eigenvalue weighted by Crippen LogP contribution is 2.24. The van der Waals surface area contributed by atoms with Crippen molar-refractivity contribution in [1.82, 2.24) is 4.57 Å². The monoisotopic (exact) mass is 382 g/mol. The number of aryl methyl sites for hydroxylation is 1. The topological polar surface area (TPSA) is 51.4 Å². The highest BCUT2D eigenvalue weighted by atomic mass is 16.1. The van der Waals surface area contributed by atoms with Crippen molar-refractivity contribution in [3.8, 4) is 0 Å². The molecule has 0 saturated carbocycles. The summed E-state index contributed by atoms with van der Waals surface area (Å²) in [4.78, 5) is 28.7. The Morgan fingerprint density at radius 2 is 1.76 bits per heavy atom. The average molecular weight is 382 g/mol. The molecule has 2 heterocycles. The first-order valence-electron chi connectivity index (χ1n) is 9.68. The highest BCUT2D eigenvalue weighted by Gasteiger charge is 2.18. The second kappa shape index (κ2) is 8.23. The SMILES string of the molecule is Cn1cc(CC(=O)C2=NC(c3cccc(Cc4ccccc4)c3)=CC2)ccc1=O. The lowest BCUT2D eigenvalue weighted by Crippen LogP contribution is -2.18. The fourth-order valence-corrected chi connectivity index (χ4v) is 3.50. The zero-order chi connectivity index (χ0) is 20.2. The summed E-state index contributed by atoms with van der Waals surface area (Å²) in [6.45, 7) is 0. The molecule has 0 radical (unpaired) electrons. The summed E-state index contributed by atoms with van der Waals surface area (Å²) in [6, 6.07) is 21.9. The van der Waals surface area contributed by atoms with Gasteiger partial charge in [-0.3, -0.25) is 9.59 Å². The van der Waals surface area contributed by atoms with E-state index in [0.717, 1.165) is 23.2 Å². The standard InChI is InChI=1S/C25H22N2O2/c1-27-17-20(10-13-25(27)29)16-24(28)23-12-11-22(26-23)21-9-5-8-19(15-21)14-18-6-3-2-4-7-18/h2-11,13,15,17H,12,14,16H2,1H3. The maximum atomic E-state index is 12.6. The first-order chi connectivity index (χ1) is 14.1. The van der Waals surface area contributed by atoms with Crippen LogP contribution in [0.3, 0.4) is 0 Å². The number of carbonyl (C=O) groups is 1. The third kappa shape index (κ3) is 4.49. The van der Waals surface area contributed by atoms with Crippen LogP contribution in [0, 0.1) is 0 Å². The fourth-order valence-electron chi connectivity index (χ4n) is 3.50. The van der Waals surface area contributed by atoms with Gasteiger partial charge in [-0.1, -0.05) is 60.7 Å². The van der Waals surface area contributed by atoms with Crippen molar-refractivity contribution in [3.05, 3.63) is 112 Å². The quantitative estimate of drug-likeness (QED) is 0.648. The lowest BCUT2D eigenvalue weighted by Gasteiger charge is -2.06. The number of aliphatic imine (C=N–C) groups is 1. The molecule has 29 heavy (non-hydrogen) atoms. The average Bonchev–Trinajstić information content (AvgIpc) is 3.22. The molecule has 4 nitrogen and oxygen atoms in total. The summed E-state index contributed by atoms with van der Waals surface area (Å²) in [6.07, 6.45) is 5.38. The Morgan fingerprint density at radius 1 is 0.966 bits per heavy atom. The van der Waals surface area contributed by atoms with E-state index in [0.29, 0.717) is 12.1 Å². The second-order valence-corrected chi connectivity index (χ2v) is 7.30. The smallest absolute Gasteiger partial charge is 0.250 e. The van der Waals surface area contributed by atoms with Gasteiger partial charge >= 0.3 is 0 Å². The number of allylic oxidation sites excluding steroid dienone is 1. The first-order valence-corrected chi connectivity index (χ1v) is 9.68. The molecule has 3 aromatic rings. The molecule has 0 bridgehead atoms. The summed E-state index contributed by atoms with van der Waals surface area (Å²) in [7, 11) is 1.69. The van der Waals surface area contributed by atoms with Crippen LogP contribution in [0.2, 0.25) is 0 Å². The number of aromatic nitrogens is 1. The van der Waals surface area contributed by atoms with E-state index in [-0.39, 0.29) is 17.8 Å². The van der Waals surface area contributed by atoms with Gasteiger partial charge in [-0.25, -0.2) is 4.99 Å². The second-order valence-electron chi connectivity index (χ2n) is 7.30. The highest BCUT2D eigenvalue weighted by molar-refractivity contribution is 6.42. The molecule has 1 aromatic heterocycles. The molecule has 4 rings (SSSR count). The number of nitrogens with zero attached hydrogens (tertiary/aromatic N) is 2. The molecule has 0 atom stereocenters. The molecule has 4 heteroatoms. The molecule has 0 fully saturated rings. The largest absolute Gasteiger partial charge is 0.318 e. The van der Waals surface area contributed by atoms with Gasteiger partial charge < -0.3 is 4.57 Å². The Hall–Kier alpha value is -3.53. The number of ketones is 1. The van der Waals surface area contributed by atoms with Gasteiger partial charge in [-0.05, 0) is 29.2 Å². The molecular weight excluding hydrogens is 360 g/mol. The van der Waals surface area contributed by atoms with Crippen LogP contribution in [-0.4, -0.2) is 16.1 Å². The van der Waals surface area contributed by atoms with E-state index in [9.17, 15) is 9.59 Å². The van der Waals surface area contributed by atoms with E-state index in [4.69, 9.17) is 0 Å². The van der Waals surface area contributed by atoms with Crippen LogP contribution < -0.4 is 5.56 Å². The molecule has 0 unspecified atom stereocenters. The van der Waals surface area contributed by atoms with E-state index in [1.807, 2.05) is 36.4 Å². The van der Waals surface area contributed by atoms with E-state index < -0.39 is 0 Å². The zero-order valence-electron chi connectivity index (χ0n) is 16.3. The van der Waals surface area contributed by atoms with Crippen LogP contribution >= 0.6 is 0 Å². The van der Waals surface area contributed by atoms with Crippen LogP contribution in [0.5, 0.6) is 0 Å². The van der Waals surface area contributed by atoms with Gasteiger partial charge in [-0.15, -0.1) is 0 Å². The molecule has 0 saturated heterocycles. The van der Waals surface area contributed by atoms with Crippen molar-refractivity contribution >= 4 is 17.2 Å². The van der Waals surface area contributed by atoms with E-state index >= 15 is 0 Å². The Labute approximate surface area is 169 Å². The van der Waals surface area contributed by atoms with Gasteiger partial charge in [0.25, 0.3) is 0 Å². The Morgan fingerprint density at radius 3 is 2.55 bits per heavy atom. The van der Waals surface area contributed by atoms with Gasteiger partial charge in [0.05, 0.1) is 11.4 Å². The minimum absolute atomic E-state index is 0.00432. The molecular formula is C25H22N2O2. The summed E-state index contributed by atoms with van der Waals surface area (Å²) in [5.74, 6) is -0.00432. The summed E-state index contributed by atoms with van der Waals surface area (Å²) in [5.41, 5.74) is 5.67. The van der Waals surface area contributed by atoms with Crippen molar-refractivity contribution in [3.63, 3.8) is 0 Å². The van der Waals surface area contributed by atoms with E-state index in [1.54, 1.807) is 19.3 Å². The molecule has 2 aromatic carbocycles. The van der Waals surface area contributed by atoms with Gasteiger partial charge in [0.15, 0.2) is 5.78 Å². The van der Waals surface area contributed by atoms with E-state index in [2.05, 4.69) is 29.3 Å². The maximum absolute atomic E-state index is 12.6. The number of benzene rings is 2. The summed E-state index contributed by atoms with van der Waals surface area (Å²) in [5, 5.41) is 0. The lowest BCUT2D eigenvalue weighted by atomic mass is 10.0. The molecule has 0 N–H and O–H groups in total. The Kier molecular flexibility index (Phi) is 5.34. The predicted molar refractivity (Wildman–Crippen MR) is 116 cm³/mol. The normalized spacial score (nSPS) is 13.1. The van der Waals surface area contributed by atoms with Crippen molar-refractivity contribution < 1.29 is 4.79 Å². The Bertz CT molecular complexity index is 1170. The zero-order valence-corrected chi connectivity index (χ0v) is 16.3. The molecule has 1 aliphatic heterocycles. The van der Waals surface area contributed by atoms with Gasteiger partial charge in [0.2, 0.25) is 5.56 Å². The van der Waals surface area contributed by atoms with E-state index in [1.165, 1.54) is 21.8 Å². The summed E-state index contributed by atoms with van der Waals surface area (Å²) >= 11 is 0. The number of carbonyl (C=O) groups excluding carboxylic acids is 1. The maximum Gasteiger partial charge on any atom is 0.250 e. The molecule has 144 valence electrons. The number of rotatable bonds is 6. The van der Waals surface area contributed by atoms with Crippen LogP contribution in [0.4, 0.5) is 0 Å². The van der Waals surface area contributed by atoms with Gasteiger partial charge in [0.1, 0.15) is 0 Å². The molecule has 0 amide bonds. The Balaban J connectivity index is 1.47. The number of pyridine rings is 1. The number of Topliss-reactive ketones (excluding diaryl/α,β-unsaturated/α-hetero) is 1. The van der Waals surface area contributed by atoms with Crippen LogP contribution in [0.15, 0.2) is 88.8 Å². The molecule has 0 spiro atoms. The predicted octanol–water partition coefficient (Wildman–Crippen LogP) is 3.97. The molecule has 1 aliphatic rings. The number of hydrogen-bond acceptors (Lipinski definition) is 3. The molecule has 0 aliphatic carbocycles. The van der Waals surface area contributed by atoms with Crippen molar-refractivity contribution in [2.45, 2.75) is 19.3 Å².